The van der Waals surface area contributed by atoms with Gasteiger partial charge in [0.1, 0.15) is 0 Å². The Balaban J connectivity index is 1.47. The summed E-state index contributed by atoms with van der Waals surface area (Å²) in [4.78, 5) is 31.1. The van der Waals surface area contributed by atoms with Gasteiger partial charge in [0.05, 0.1) is 5.92 Å². The maximum atomic E-state index is 12.7. The number of anilines is 2. The van der Waals surface area contributed by atoms with Crippen molar-refractivity contribution in [2.24, 2.45) is 5.92 Å². The second kappa shape index (κ2) is 7.87. The number of carbonyl (C=O) groups excluding carboxylic acids is 2. The highest BCUT2D eigenvalue weighted by atomic mass is 16.5. The standard InChI is InChI=1S/C22H22N4O3/c1-3-15-7-9-18(10-8-15)24-22(28)17-12-20(27)26(13-17)19-6-4-5-16(11-19)21-23-14(2)29-25-21/h4-11,17H,3,12-13H2,1-2H3,(H,24,28)/t17-/m1/s1. The number of rotatable bonds is 5. The molecule has 4 rings (SSSR count). The van der Waals surface area contributed by atoms with Crippen LogP contribution in [-0.4, -0.2) is 28.5 Å². The molecule has 1 atom stereocenters. The largest absolute Gasteiger partial charge is 0.339 e. The molecule has 2 heterocycles. The molecular weight excluding hydrogens is 368 g/mol. The lowest BCUT2D eigenvalue weighted by molar-refractivity contribution is -0.122. The van der Waals surface area contributed by atoms with Crippen molar-refractivity contribution in [2.45, 2.75) is 26.7 Å². The molecule has 1 aliphatic rings. The van der Waals surface area contributed by atoms with Gasteiger partial charge in [0.2, 0.25) is 23.5 Å². The van der Waals surface area contributed by atoms with Gasteiger partial charge in [0, 0.05) is 36.8 Å². The van der Waals surface area contributed by atoms with E-state index in [9.17, 15) is 9.59 Å². The van der Waals surface area contributed by atoms with Crippen LogP contribution in [0.25, 0.3) is 11.4 Å². The first-order valence-corrected chi connectivity index (χ1v) is 9.64. The summed E-state index contributed by atoms with van der Waals surface area (Å²) in [5.41, 5.74) is 3.43. The smallest absolute Gasteiger partial charge is 0.229 e. The normalized spacial score (nSPS) is 16.3. The molecule has 2 amide bonds. The summed E-state index contributed by atoms with van der Waals surface area (Å²) in [5.74, 6) is 0.333. The van der Waals surface area contributed by atoms with E-state index in [0.29, 0.717) is 18.3 Å². The van der Waals surface area contributed by atoms with Crippen LogP contribution < -0.4 is 10.2 Å². The zero-order valence-electron chi connectivity index (χ0n) is 16.4. The molecule has 7 nitrogen and oxygen atoms in total. The molecule has 0 aliphatic carbocycles. The monoisotopic (exact) mass is 390 g/mol. The van der Waals surface area contributed by atoms with Crippen LogP contribution in [-0.2, 0) is 16.0 Å². The Morgan fingerprint density at radius 2 is 2.03 bits per heavy atom. The van der Waals surface area contributed by atoms with Gasteiger partial charge in [0.15, 0.2) is 0 Å². The van der Waals surface area contributed by atoms with Gasteiger partial charge in [0.25, 0.3) is 0 Å². The first-order chi connectivity index (χ1) is 14.0. The van der Waals surface area contributed by atoms with Gasteiger partial charge < -0.3 is 14.7 Å². The fourth-order valence-corrected chi connectivity index (χ4v) is 3.43. The van der Waals surface area contributed by atoms with E-state index in [1.807, 2.05) is 48.5 Å². The predicted molar refractivity (Wildman–Crippen MR) is 109 cm³/mol. The van der Waals surface area contributed by atoms with E-state index in [4.69, 9.17) is 4.52 Å². The van der Waals surface area contributed by atoms with Crippen molar-refractivity contribution in [3.63, 3.8) is 0 Å². The third-order valence-corrected chi connectivity index (χ3v) is 5.07. The number of benzene rings is 2. The van der Waals surface area contributed by atoms with Gasteiger partial charge in [-0.1, -0.05) is 36.3 Å². The molecule has 1 N–H and O–H groups in total. The topological polar surface area (TPSA) is 88.3 Å². The van der Waals surface area contributed by atoms with Crippen LogP contribution in [0.15, 0.2) is 53.1 Å². The van der Waals surface area contributed by atoms with Gasteiger partial charge in [-0.05, 0) is 36.2 Å². The molecule has 1 aromatic heterocycles. The van der Waals surface area contributed by atoms with E-state index in [-0.39, 0.29) is 18.2 Å². The van der Waals surface area contributed by atoms with Crippen LogP contribution >= 0.6 is 0 Å². The van der Waals surface area contributed by atoms with Crippen LogP contribution in [0.1, 0.15) is 24.8 Å². The van der Waals surface area contributed by atoms with Crippen molar-refractivity contribution >= 4 is 23.2 Å². The highest BCUT2D eigenvalue weighted by molar-refractivity contribution is 6.03. The van der Waals surface area contributed by atoms with Gasteiger partial charge >= 0.3 is 0 Å². The zero-order valence-corrected chi connectivity index (χ0v) is 16.4. The average molecular weight is 390 g/mol. The summed E-state index contributed by atoms with van der Waals surface area (Å²) in [7, 11) is 0. The molecule has 1 saturated heterocycles. The minimum atomic E-state index is -0.399. The molecule has 0 spiro atoms. The molecule has 3 aromatic rings. The number of nitrogens with zero attached hydrogens (tertiary/aromatic N) is 3. The predicted octanol–water partition coefficient (Wildman–Crippen LogP) is 3.60. The summed E-state index contributed by atoms with van der Waals surface area (Å²) in [5, 5.41) is 6.84. The van der Waals surface area contributed by atoms with Crippen LogP contribution in [0.5, 0.6) is 0 Å². The average Bonchev–Trinajstić information content (AvgIpc) is 3.34. The number of aryl methyl sites for hydroxylation is 2. The Labute approximate surface area is 168 Å². The molecule has 0 saturated carbocycles. The maximum Gasteiger partial charge on any atom is 0.229 e. The van der Waals surface area contributed by atoms with Crippen molar-refractivity contribution in [2.75, 3.05) is 16.8 Å². The van der Waals surface area contributed by atoms with Gasteiger partial charge in [-0.25, -0.2) is 0 Å². The number of nitrogens with one attached hydrogen (secondary N) is 1. The van der Waals surface area contributed by atoms with Crippen LogP contribution in [0.4, 0.5) is 11.4 Å². The Hall–Kier alpha value is -3.48. The summed E-state index contributed by atoms with van der Waals surface area (Å²) in [6.45, 7) is 4.15. The molecule has 0 unspecified atom stereocenters. The minimum absolute atomic E-state index is 0.0760. The second-order valence-corrected chi connectivity index (χ2v) is 7.13. The molecule has 1 fully saturated rings. The fourth-order valence-electron chi connectivity index (χ4n) is 3.43. The Kier molecular flexibility index (Phi) is 5.12. The van der Waals surface area contributed by atoms with E-state index in [1.54, 1.807) is 11.8 Å². The molecule has 148 valence electrons. The van der Waals surface area contributed by atoms with E-state index in [1.165, 1.54) is 5.56 Å². The Bertz CT molecular complexity index is 1040. The lowest BCUT2D eigenvalue weighted by atomic mass is 10.1. The number of amides is 2. The number of aromatic nitrogens is 2. The third kappa shape index (κ3) is 4.03. The first kappa shape index (κ1) is 18.9. The van der Waals surface area contributed by atoms with Crippen molar-refractivity contribution in [1.29, 1.82) is 0 Å². The molecule has 0 bridgehead atoms. The van der Waals surface area contributed by atoms with Gasteiger partial charge in [-0.2, -0.15) is 4.98 Å². The van der Waals surface area contributed by atoms with Crippen molar-refractivity contribution < 1.29 is 14.1 Å². The van der Waals surface area contributed by atoms with Crippen molar-refractivity contribution in [1.82, 2.24) is 10.1 Å². The summed E-state index contributed by atoms with van der Waals surface area (Å²) in [6, 6.07) is 15.2. The molecular formula is C22H22N4O3. The number of hydrogen-bond acceptors (Lipinski definition) is 5. The summed E-state index contributed by atoms with van der Waals surface area (Å²) >= 11 is 0. The third-order valence-electron chi connectivity index (χ3n) is 5.07. The second-order valence-electron chi connectivity index (χ2n) is 7.13. The SMILES string of the molecule is CCc1ccc(NC(=O)[C@@H]2CC(=O)N(c3cccc(-c4noc(C)n4)c3)C2)cc1. The van der Waals surface area contributed by atoms with Crippen LogP contribution in [0.2, 0.25) is 0 Å². The van der Waals surface area contributed by atoms with Crippen molar-refractivity contribution in [3.8, 4) is 11.4 Å². The summed E-state index contributed by atoms with van der Waals surface area (Å²) in [6.07, 6.45) is 1.13. The van der Waals surface area contributed by atoms with E-state index < -0.39 is 5.92 Å². The van der Waals surface area contributed by atoms with E-state index in [2.05, 4.69) is 22.4 Å². The molecule has 1 aliphatic heterocycles. The maximum absolute atomic E-state index is 12.7. The molecule has 7 heteroatoms. The quantitative estimate of drug-likeness (QED) is 0.719. The first-order valence-electron chi connectivity index (χ1n) is 9.64. The summed E-state index contributed by atoms with van der Waals surface area (Å²) < 4.78 is 5.03. The number of carbonyl (C=O) groups is 2. The Morgan fingerprint density at radius 1 is 1.24 bits per heavy atom. The highest BCUT2D eigenvalue weighted by Crippen LogP contribution is 2.29. The highest BCUT2D eigenvalue weighted by Gasteiger charge is 2.35. The number of hydrogen-bond donors (Lipinski definition) is 1. The van der Waals surface area contributed by atoms with Crippen LogP contribution in [0, 0.1) is 12.8 Å². The molecule has 29 heavy (non-hydrogen) atoms. The van der Waals surface area contributed by atoms with Gasteiger partial charge in [-0.15, -0.1) is 0 Å². The van der Waals surface area contributed by atoms with Crippen LogP contribution in [0.3, 0.4) is 0 Å². The van der Waals surface area contributed by atoms with E-state index in [0.717, 1.165) is 23.4 Å². The van der Waals surface area contributed by atoms with Crippen molar-refractivity contribution in [3.05, 3.63) is 60.0 Å². The lowest BCUT2D eigenvalue weighted by Crippen LogP contribution is -2.28. The fraction of sp³-hybridized carbons (Fsp3) is 0.273. The zero-order chi connectivity index (χ0) is 20.4. The minimum Gasteiger partial charge on any atom is -0.339 e. The molecule has 2 aromatic carbocycles. The lowest BCUT2D eigenvalue weighted by Gasteiger charge is -2.17. The van der Waals surface area contributed by atoms with Gasteiger partial charge in [-0.3, -0.25) is 9.59 Å². The van der Waals surface area contributed by atoms with E-state index >= 15 is 0 Å². The molecule has 0 radical (unpaired) electrons. The Morgan fingerprint density at radius 3 is 2.72 bits per heavy atom.